The lowest BCUT2D eigenvalue weighted by atomic mass is 10.0. The van der Waals surface area contributed by atoms with Crippen LogP contribution in [-0.2, 0) is 0 Å². The van der Waals surface area contributed by atoms with Gasteiger partial charge in [-0.1, -0.05) is 112 Å². The highest BCUT2D eigenvalue weighted by atomic mass is 32.1. The zero-order valence-corrected chi connectivity index (χ0v) is 39.8. The van der Waals surface area contributed by atoms with E-state index in [1.165, 1.54) is 53.4 Å². The van der Waals surface area contributed by atoms with Gasteiger partial charge in [-0.3, -0.25) is 4.98 Å². The number of benzene rings is 5. The highest BCUT2D eigenvalue weighted by Crippen LogP contribution is 2.25. The van der Waals surface area contributed by atoms with Gasteiger partial charge in [0.2, 0.25) is 0 Å². The van der Waals surface area contributed by atoms with Gasteiger partial charge in [-0.15, -0.1) is 22.7 Å². The molecule has 63 heavy (non-hydrogen) atoms. The van der Waals surface area contributed by atoms with Crippen LogP contribution in [0.5, 0.6) is 0 Å². The lowest BCUT2D eigenvalue weighted by molar-refractivity contribution is 0.868. The Kier molecular flexibility index (Phi) is 16.5. The van der Waals surface area contributed by atoms with Crippen LogP contribution in [0.15, 0.2) is 145 Å². The third-order valence-electron chi connectivity index (χ3n) is 10.8. The molecular formula is C54H59N7S2. The van der Waals surface area contributed by atoms with Crippen molar-refractivity contribution in [2.24, 2.45) is 0 Å². The lowest BCUT2D eigenvalue weighted by Gasteiger charge is -2.05. The number of aromatic nitrogens is 7. The van der Waals surface area contributed by atoms with E-state index in [1.54, 1.807) is 41.4 Å². The Morgan fingerprint density at radius 2 is 0.825 bits per heavy atom. The average molecular weight is 870 g/mol. The van der Waals surface area contributed by atoms with Crippen LogP contribution in [0.25, 0.3) is 52.9 Å². The van der Waals surface area contributed by atoms with E-state index in [-0.39, 0.29) is 0 Å². The minimum absolute atomic E-state index is 0.560. The van der Waals surface area contributed by atoms with E-state index in [2.05, 4.69) is 189 Å². The first-order chi connectivity index (χ1) is 30.4. The molecule has 10 rings (SSSR count). The summed E-state index contributed by atoms with van der Waals surface area (Å²) in [6.07, 6.45) is 10.8. The fourth-order valence-corrected chi connectivity index (χ4v) is 8.05. The van der Waals surface area contributed by atoms with Crippen LogP contribution in [-0.4, -0.2) is 35.1 Å². The van der Waals surface area contributed by atoms with Crippen LogP contribution < -0.4 is 0 Å². The predicted octanol–water partition coefficient (Wildman–Crippen LogP) is 15.7. The Labute approximate surface area is 380 Å². The third kappa shape index (κ3) is 13.0. The normalized spacial score (nSPS) is 11.1. The number of hydrogen-bond donors (Lipinski definition) is 0. The number of fused-ring (bicyclic) bond motifs is 5. The molecule has 0 atom stereocenters. The molecule has 0 radical (unpaired) electrons. The molecule has 0 bridgehead atoms. The van der Waals surface area contributed by atoms with E-state index in [9.17, 15) is 0 Å². The summed E-state index contributed by atoms with van der Waals surface area (Å²) in [5, 5.41) is 13.6. The molecule has 5 aromatic heterocycles. The summed E-state index contributed by atoms with van der Waals surface area (Å²) in [5.41, 5.74) is 13.9. The summed E-state index contributed by atoms with van der Waals surface area (Å²) < 4.78 is 2.57. The van der Waals surface area contributed by atoms with Crippen LogP contribution in [0.3, 0.4) is 0 Å². The quantitative estimate of drug-likeness (QED) is 0.170. The van der Waals surface area contributed by atoms with Gasteiger partial charge in [-0.25, -0.2) is 19.9 Å². The van der Waals surface area contributed by atoms with Gasteiger partial charge in [-0.05, 0) is 117 Å². The van der Waals surface area contributed by atoms with E-state index in [4.69, 9.17) is 0 Å². The first kappa shape index (κ1) is 46.5. The maximum Gasteiger partial charge on any atom is 0.116 e. The van der Waals surface area contributed by atoms with E-state index in [1.807, 2.05) is 41.7 Å². The molecule has 0 saturated heterocycles. The van der Waals surface area contributed by atoms with Crippen molar-refractivity contribution >= 4 is 75.6 Å². The Bertz CT molecular complexity index is 2710. The van der Waals surface area contributed by atoms with Gasteiger partial charge >= 0.3 is 0 Å². The largest absolute Gasteiger partial charge is 0.264 e. The number of nitrogens with zero attached hydrogens (tertiary/aromatic N) is 7. The summed E-state index contributed by atoms with van der Waals surface area (Å²) in [5.74, 6) is 2.92. The molecule has 0 aliphatic heterocycles. The van der Waals surface area contributed by atoms with Gasteiger partial charge in [-0.2, -0.15) is 10.2 Å². The van der Waals surface area contributed by atoms with E-state index < -0.39 is 0 Å². The number of pyridine rings is 1. The molecule has 7 nitrogen and oxygen atoms in total. The molecular weight excluding hydrogens is 811 g/mol. The number of rotatable bonds is 5. The maximum absolute atomic E-state index is 4.28. The number of thiazole rings is 2. The Hall–Kier alpha value is -6.03. The zero-order valence-electron chi connectivity index (χ0n) is 38.2. The summed E-state index contributed by atoms with van der Waals surface area (Å²) in [4.78, 5) is 20.8. The highest BCUT2D eigenvalue weighted by Gasteiger charge is 2.04. The molecule has 9 heteroatoms. The van der Waals surface area contributed by atoms with Crippen molar-refractivity contribution in [1.82, 2.24) is 35.1 Å². The van der Waals surface area contributed by atoms with Crippen LogP contribution in [0.1, 0.15) is 127 Å². The molecule has 0 N–H and O–H groups in total. The van der Waals surface area contributed by atoms with Crippen molar-refractivity contribution < 1.29 is 0 Å². The lowest BCUT2D eigenvalue weighted by Crippen LogP contribution is -1.88. The van der Waals surface area contributed by atoms with Gasteiger partial charge in [0.1, 0.15) is 6.33 Å². The zero-order chi connectivity index (χ0) is 44.9. The van der Waals surface area contributed by atoms with Crippen LogP contribution in [0.4, 0.5) is 0 Å². The Morgan fingerprint density at radius 1 is 0.349 bits per heavy atom. The smallest absolute Gasteiger partial charge is 0.116 e. The summed E-state index contributed by atoms with van der Waals surface area (Å²) in [6.45, 7) is 22.0. The van der Waals surface area contributed by atoms with Gasteiger partial charge in [0, 0.05) is 40.1 Å². The molecule has 0 aliphatic rings. The molecule has 0 unspecified atom stereocenters. The molecule has 0 fully saturated rings. The van der Waals surface area contributed by atoms with Crippen molar-refractivity contribution in [3.05, 3.63) is 173 Å². The van der Waals surface area contributed by atoms with Crippen molar-refractivity contribution in [3.8, 4) is 0 Å². The summed E-state index contributed by atoms with van der Waals surface area (Å²) in [6, 6.07) is 34.4. The molecule has 5 aromatic carbocycles. The SMILES string of the molecule is CC(C)c1ccc2ccncc2c1.CC(C)c1ccc2cnncc2c1.CC(C)c1ccc2ncncc2c1.CC(C)c1ccc2ncsc2c1.CC(C)c1ccc2scnc2c1. The first-order valence-electron chi connectivity index (χ1n) is 21.8. The fraction of sp³-hybridized carbons (Fsp3) is 0.278. The topological polar surface area (TPSA) is 90.2 Å². The van der Waals surface area contributed by atoms with Crippen LogP contribution >= 0.6 is 22.7 Å². The highest BCUT2D eigenvalue weighted by molar-refractivity contribution is 7.17. The Balaban J connectivity index is 0.000000131. The van der Waals surface area contributed by atoms with E-state index in [0.29, 0.717) is 29.6 Å². The third-order valence-corrected chi connectivity index (χ3v) is 12.4. The Morgan fingerprint density at radius 3 is 1.48 bits per heavy atom. The van der Waals surface area contributed by atoms with Crippen molar-refractivity contribution in [2.45, 2.75) is 98.8 Å². The number of hydrogen-bond acceptors (Lipinski definition) is 9. The summed E-state index contributed by atoms with van der Waals surface area (Å²) in [7, 11) is 0. The van der Waals surface area contributed by atoms with Gasteiger partial charge in [0.05, 0.1) is 49.4 Å². The van der Waals surface area contributed by atoms with Crippen LogP contribution in [0.2, 0.25) is 0 Å². The molecule has 10 aromatic rings. The molecule has 0 amide bonds. The second-order valence-electron chi connectivity index (χ2n) is 17.1. The minimum atomic E-state index is 0.560. The molecule has 0 saturated carbocycles. The summed E-state index contributed by atoms with van der Waals surface area (Å²) >= 11 is 3.40. The molecule has 0 aliphatic carbocycles. The molecule has 0 spiro atoms. The van der Waals surface area contributed by atoms with Crippen molar-refractivity contribution in [3.63, 3.8) is 0 Å². The van der Waals surface area contributed by atoms with Gasteiger partial charge in [0.15, 0.2) is 0 Å². The van der Waals surface area contributed by atoms with E-state index in [0.717, 1.165) is 27.3 Å². The second-order valence-corrected chi connectivity index (χ2v) is 18.9. The monoisotopic (exact) mass is 869 g/mol. The van der Waals surface area contributed by atoms with Gasteiger partial charge in [0.25, 0.3) is 0 Å². The van der Waals surface area contributed by atoms with Crippen molar-refractivity contribution in [1.29, 1.82) is 0 Å². The van der Waals surface area contributed by atoms with Crippen molar-refractivity contribution in [2.75, 3.05) is 0 Å². The molecule has 5 heterocycles. The van der Waals surface area contributed by atoms with Gasteiger partial charge < -0.3 is 0 Å². The van der Waals surface area contributed by atoms with E-state index >= 15 is 0 Å². The first-order valence-corrected chi connectivity index (χ1v) is 23.5. The second kappa shape index (κ2) is 22.4. The average Bonchev–Trinajstić information content (AvgIpc) is 3.99. The standard InChI is InChI=1S/C12H13N.2C11H12N2.2C10H11NS/c1-9(2)11-4-3-10-5-6-13-8-12(10)7-11;1-8(2)9-3-4-11-10(5-9)6-12-7-13-11;1-8(2)9-3-4-10-6-12-13-7-11(10)5-9;1-7(2)8-3-4-10-9(5-8)11-6-12-10;1-7(2)8-3-4-9-10(5-8)12-6-11-9/h3-9H,1-2H3;2*3-8H,1-2H3;2*3-7H,1-2H3. The molecule has 322 valence electrons. The fourth-order valence-electron chi connectivity index (χ4n) is 6.66. The van der Waals surface area contributed by atoms with Crippen LogP contribution in [0, 0.1) is 0 Å². The minimum Gasteiger partial charge on any atom is -0.264 e. The maximum atomic E-state index is 4.28. The predicted molar refractivity (Wildman–Crippen MR) is 271 cm³/mol.